The zero-order valence-corrected chi connectivity index (χ0v) is 10.9. The first-order valence-electron chi connectivity index (χ1n) is 5.58. The predicted octanol–water partition coefficient (Wildman–Crippen LogP) is 0.783. The van der Waals surface area contributed by atoms with E-state index >= 15 is 0 Å². The number of amides is 1. The molecule has 1 aromatic heterocycles. The van der Waals surface area contributed by atoms with Crippen LogP contribution in [0.25, 0.3) is 0 Å². The fraction of sp³-hybridized carbons (Fsp3) is 0.545. The Morgan fingerprint density at radius 3 is 3.06 bits per heavy atom. The van der Waals surface area contributed by atoms with Crippen molar-refractivity contribution in [2.45, 2.75) is 25.0 Å². The molecule has 0 radical (unpaired) electrons. The number of thiophene rings is 1. The maximum absolute atomic E-state index is 11.7. The Bertz CT molecular complexity index is 397. The number of rotatable bonds is 4. The van der Waals surface area contributed by atoms with Crippen LogP contribution in [0.5, 0.6) is 0 Å². The molecule has 0 spiro atoms. The highest BCUT2D eigenvalue weighted by atomic mass is 35.5. The lowest BCUT2D eigenvalue weighted by atomic mass is 10.2. The summed E-state index contributed by atoms with van der Waals surface area (Å²) in [4.78, 5) is 12.8. The van der Waals surface area contributed by atoms with Crippen molar-refractivity contribution >= 4 is 28.8 Å². The van der Waals surface area contributed by atoms with Crippen LogP contribution in [0.2, 0.25) is 4.34 Å². The van der Waals surface area contributed by atoms with E-state index in [0.717, 1.165) is 15.6 Å². The van der Waals surface area contributed by atoms with E-state index in [1.54, 1.807) is 0 Å². The molecular weight excluding hydrogens is 260 g/mol. The van der Waals surface area contributed by atoms with Crippen molar-refractivity contribution in [3.63, 3.8) is 0 Å². The number of aliphatic hydroxyl groups excluding tert-OH is 1. The molecule has 0 saturated carbocycles. The van der Waals surface area contributed by atoms with Crippen molar-refractivity contribution in [1.29, 1.82) is 0 Å². The molecule has 1 aliphatic heterocycles. The molecule has 1 fully saturated rings. The summed E-state index contributed by atoms with van der Waals surface area (Å²) in [6.07, 6.45) is 0.886. The molecule has 0 aliphatic carbocycles. The Balaban J connectivity index is 1.70. The van der Waals surface area contributed by atoms with Gasteiger partial charge in [0.2, 0.25) is 5.91 Å². The second kappa shape index (κ2) is 5.82. The topological polar surface area (TPSA) is 61.4 Å². The van der Waals surface area contributed by atoms with Gasteiger partial charge in [-0.3, -0.25) is 4.79 Å². The Morgan fingerprint density at radius 2 is 2.47 bits per heavy atom. The lowest BCUT2D eigenvalue weighted by Crippen LogP contribution is -2.41. The second-order valence-electron chi connectivity index (χ2n) is 4.10. The third-order valence-electron chi connectivity index (χ3n) is 2.72. The molecule has 17 heavy (non-hydrogen) atoms. The van der Waals surface area contributed by atoms with Gasteiger partial charge in [-0.1, -0.05) is 11.6 Å². The van der Waals surface area contributed by atoms with Crippen LogP contribution in [-0.2, 0) is 11.2 Å². The van der Waals surface area contributed by atoms with Gasteiger partial charge in [-0.2, -0.15) is 0 Å². The van der Waals surface area contributed by atoms with E-state index in [2.05, 4.69) is 10.6 Å². The van der Waals surface area contributed by atoms with Crippen LogP contribution < -0.4 is 10.6 Å². The van der Waals surface area contributed by atoms with Crippen LogP contribution >= 0.6 is 22.9 Å². The fourth-order valence-corrected chi connectivity index (χ4v) is 2.92. The molecule has 0 aromatic carbocycles. The summed E-state index contributed by atoms with van der Waals surface area (Å²) < 4.78 is 0.770. The SMILES string of the molecule is O=C(NCCc1ccc(Cl)s1)C1CC(O)CN1. The Kier molecular flexibility index (Phi) is 4.39. The highest BCUT2D eigenvalue weighted by Gasteiger charge is 2.27. The first kappa shape index (κ1) is 12.8. The quantitative estimate of drug-likeness (QED) is 0.761. The smallest absolute Gasteiger partial charge is 0.237 e. The van der Waals surface area contributed by atoms with Crippen molar-refractivity contribution in [2.24, 2.45) is 0 Å². The first-order valence-corrected chi connectivity index (χ1v) is 6.78. The van der Waals surface area contributed by atoms with Crippen LogP contribution in [0.15, 0.2) is 12.1 Å². The number of hydrogen-bond donors (Lipinski definition) is 3. The largest absolute Gasteiger partial charge is 0.392 e. The molecule has 1 aromatic rings. The van der Waals surface area contributed by atoms with Gasteiger partial charge in [-0.15, -0.1) is 11.3 Å². The molecule has 2 rings (SSSR count). The van der Waals surface area contributed by atoms with Gasteiger partial charge >= 0.3 is 0 Å². The molecule has 0 bridgehead atoms. The minimum absolute atomic E-state index is 0.0378. The molecular formula is C11H15ClN2O2S. The highest BCUT2D eigenvalue weighted by molar-refractivity contribution is 7.16. The van der Waals surface area contributed by atoms with Gasteiger partial charge in [0, 0.05) is 18.0 Å². The van der Waals surface area contributed by atoms with Crippen LogP contribution in [0.1, 0.15) is 11.3 Å². The van der Waals surface area contributed by atoms with E-state index in [1.807, 2.05) is 12.1 Å². The molecule has 94 valence electrons. The van der Waals surface area contributed by atoms with Crippen LogP contribution in [0, 0.1) is 0 Å². The molecule has 3 N–H and O–H groups in total. The summed E-state index contributed by atoms with van der Waals surface area (Å²) in [5, 5.41) is 15.1. The number of hydrogen-bond acceptors (Lipinski definition) is 4. The second-order valence-corrected chi connectivity index (χ2v) is 5.90. The minimum atomic E-state index is -0.401. The van der Waals surface area contributed by atoms with Crippen LogP contribution in [0.3, 0.4) is 0 Å². The minimum Gasteiger partial charge on any atom is -0.392 e. The standard InChI is InChI=1S/C11H15ClN2O2S/c12-10-2-1-8(17-10)3-4-13-11(16)9-5-7(15)6-14-9/h1-2,7,9,14-15H,3-6H2,(H,13,16). The number of carbonyl (C=O) groups excluding carboxylic acids is 1. The van der Waals surface area contributed by atoms with Crippen LogP contribution in [-0.4, -0.2) is 36.2 Å². The molecule has 4 nitrogen and oxygen atoms in total. The molecule has 2 unspecified atom stereocenters. The third-order valence-corrected chi connectivity index (χ3v) is 4.01. The third kappa shape index (κ3) is 3.67. The van der Waals surface area contributed by atoms with Crippen molar-refractivity contribution < 1.29 is 9.90 Å². The number of halogens is 1. The molecule has 2 atom stereocenters. The van der Waals surface area contributed by atoms with E-state index in [4.69, 9.17) is 11.6 Å². The van der Waals surface area contributed by atoms with Crippen molar-refractivity contribution in [3.8, 4) is 0 Å². The lowest BCUT2D eigenvalue weighted by Gasteiger charge is -2.10. The molecule has 1 saturated heterocycles. The number of aliphatic hydroxyl groups is 1. The van der Waals surface area contributed by atoms with Gasteiger partial charge in [0.15, 0.2) is 0 Å². The Labute approximate surface area is 109 Å². The van der Waals surface area contributed by atoms with Crippen molar-refractivity contribution in [3.05, 3.63) is 21.3 Å². The normalized spacial score (nSPS) is 23.9. The van der Waals surface area contributed by atoms with E-state index in [1.165, 1.54) is 11.3 Å². The lowest BCUT2D eigenvalue weighted by molar-refractivity contribution is -0.122. The van der Waals surface area contributed by atoms with Crippen molar-refractivity contribution in [2.75, 3.05) is 13.1 Å². The maximum atomic E-state index is 11.7. The zero-order valence-electron chi connectivity index (χ0n) is 9.28. The summed E-state index contributed by atoms with van der Waals surface area (Å²) >= 11 is 7.35. The summed E-state index contributed by atoms with van der Waals surface area (Å²) in [5.74, 6) is -0.0378. The van der Waals surface area contributed by atoms with E-state index in [-0.39, 0.29) is 11.9 Å². The monoisotopic (exact) mass is 274 g/mol. The molecule has 6 heteroatoms. The van der Waals surface area contributed by atoms with E-state index < -0.39 is 6.10 Å². The van der Waals surface area contributed by atoms with Gasteiger partial charge in [0.05, 0.1) is 16.5 Å². The molecule has 1 amide bonds. The maximum Gasteiger partial charge on any atom is 0.237 e. The average molecular weight is 275 g/mol. The van der Waals surface area contributed by atoms with Gasteiger partial charge < -0.3 is 15.7 Å². The zero-order chi connectivity index (χ0) is 12.3. The Morgan fingerprint density at radius 1 is 1.65 bits per heavy atom. The average Bonchev–Trinajstić information content (AvgIpc) is 2.88. The van der Waals surface area contributed by atoms with E-state index in [9.17, 15) is 9.90 Å². The Hall–Kier alpha value is -0.620. The van der Waals surface area contributed by atoms with Crippen molar-refractivity contribution in [1.82, 2.24) is 10.6 Å². The van der Waals surface area contributed by atoms with Gasteiger partial charge in [0.25, 0.3) is 0 Å². The summed E-state index contributed by atoms with van der Waals surface area (Å²) in [6.45, 7) is 1.10. The first-order chi connectivity index (χ1) is 8.15. The summed E-state index contributed by atoms with van der Waals surface area (Å²) in [7, 11) is 0. The van der Waals surface area contributed by atoms with Gasteiger partial charge in [-0.05, 0) is 25.0 Å². The fourth-order valence-electron chi connectivity index (χ4n) is 1.83. The number of β-amino-alcohol motifs (C(OH)–C–C–N with tert-alkyl or cyclic N) is 1. The molecule has 1 aliphatic rings. The predicted molar refractivity (Wildman–Crippen MR) is 68.5 cm³/mol. The summed E-state index contributed by atoms with van der Waals surface area (Å²) in [5.41, 5.74) is 0. The number of carbonyl (C=O) groups is 1. The summed E-state index contributed by atoms with van der Waals surface area (Å²) in [6, 6.07) is 3.58. The van der Waals surface area contributed by atoms with Gasteiger partial charge in [-0.25, -0.2) is 0 Å². The van der Waals surface area contributed by atoms with Gasteiger partial charge in [0.1, 0.15) is 0 Å². The number of nitrogens with one attached hydrogen (secondary N) is 2. The molecule has 2 heterocycles. The van der Waals surface area contributed by atoms with Crippen LogP contribution in [0.4, 0.5) is 0 Å². The highest BCUT2D eigenvalue weighted by Crippen LogP contribution is 2.21. The van der Waals surface area contributed by atoms with E-state index in [0.29, 0.717) is 19.5 Å².